The number of carboxylic acids is 1. The molecule has 3 rings (SSSR count). The second-order valence-electron chi connectivity index (χ2n) is 4.97. The van der Waals surface area contributed by atoms with Crippen LogP contribution >= 0.6 is 0 Å². The van der Waals surface area contributed by atoms with Crippen LogP contribution in [0.25, 0.3) is 0 Å². The third-order valence-corrected chi connectivity index (χ3v) is 3.59. The van der Waals surface area contributed by atoms with Crippen LogP contribution < -0.4 is 4.74 Å². The van der Waals surface area contributed by atoms with E-state index in [4.69, 9.17) is 14.6 Å². The summed E-state index contributed by atoms with van der Waals surface area (Å²) in [7, 11) is 0. The normalized spacial score (nSPS) is 22.8. The number of benzene rings is 1. The van der Waals surface area contributed by atoms with Crippen LogP contribution in [0.4, 0.5) is 0 Å². The zero-order valence-corrected chi connectivity index (χ0v) is 10.7. The second kappa shape index (κ2) is 5.19. The maximum atomic E-state index is 10.9. The Labute approximate surface area is 111 Å². The summed E-state index contributed by atoms with van der Waals surface area (Å²) >= 11 is 0. The van der Waals surface area contributed by atoms with Gasteiger partial charge in [-0.1, -0.05) is 12.1 Å². The Morgan fingerprint density at radius 1 is 1.42 bits per heavy atom. The topological polar surface area (TPSA) is 59.0 Å². The first-order valence-electron chi connectivity index (χ1n) is 6.54. The lowest BCUT2D eigenvalue weighted by Crippen LogP contribution is -2.45. The van der Waals surface area contributed by atoms with Gasteiger partial charge in [-0.25, -0.2) is 4.79 Å². The molecule has 0 aliphatic carbocycles. The van der Waals surface area contributed by atoms with Crippen LogP contribution in [0.1, 0.15) is 11.1 Å². The van der Waals surface area contributed by atoms with E-state index in [9.17, 15) is 4.79 Å². The van der Waals surface area contributed by atoms with Crippen molar-refractivity contribution in [3.63, 3.8) is 0 Å². The van der Waals surface area contributed by atoms with E-state index in [1.54, 1.807) is 0 Å². The Morgan fingerprint density at radius 2 is 2.32 bits per heavy atom. The minimum atomic E-state index is -0.882. The molecule has 0 bridgehead atoms. The first-order valence-corrected chi connectivity index (χ1v) is 6.54. The predicted octanol–water partition coefficient (Wildman–Crippen LogP) is 0.907. The highest BCUT2D eigenvalue weighted by molar-refractivity contribution is 5.72. The summed E-state index contributed by atoms with van der Waals surface area (Å²) in [4.78, 5) is 13.1. The zero-order valence-electron chi connectivity index (χ0n) is 10.7. The van der Waals surface area contributed by atoms with E-state index in [0.29, 0.717) is 13.2 Å². The van der Waals surface area contributed by atoms with Gasteiger partial charge in [0, 0.05) is 26.1 Å². The largest absolute Gasteiger partial charge is 0.493 e. The van der Waals surface area contributed by atoms with Gasteiger partial charge in [-0.05, 0) is 17.2 Å². The fourth-order valence-corrected chi connectivity index (χ4v) is 2.59. The van der Waals surface area contributed by atoms with E-state index < -0.39 is 12.1 Å². The fraction of sp³-hybridized carbons (Fsp3) is 0.500. The first kappa shape index (κ1) is 12.4. The molecule has 102 valence electrons. The van der Waals surface area contributed by atoms with Crippen LogP contribution in [-0.2, 0) is 22.5 Å². The van der Waals surface area contributed by atoms with Gasteiger partial charge in [-0.3, -0.25) is 4.90 Å². The molecule has 2 aliphatic rings. The SMILES string of the molecule is O=C(O)[C@H]1CN(Cc2ccc3c(c2)CCO3)CCO1. The number of ether oxygens (including phenoxy) is 2. The number of hydrogen-bond donors (Lipinski definition) is 1. The molecular formula is C14H17NO4. The lowest BCUT2D eigenvalue weighted by Gasteiger charge is -2.30. The number of hydrogen-bond acceptors (Lipinski definition) is 4. The van der Waals surface area contributed by atoms with Gasteiger partial charge in [0.2, 0.25) is 0 Å². The van der Waals surface area contributed by atoms with Crippen LogP contribution in [0.15, 0.2) is 18.2 Å². The fourth-order valence-electron chi connectivity index (χ4n) is 2.59. The average molecular weight is 263 g/mol. The van der Waals surface area contributed by atoms with Crippen molar-refractivity contribution >= 4 is 5.97 Å². The van der Waals surface area contributed by atoms with Crippen LogP contribution in [-0.4, -0.2) is 48.4 Å². The minimum absolute atomic E-state index is 0.447. The lowest BCUT2D eigenvalue weighted by atomic mass is 10.1. The van der Waals surface area contributed by atoms with Crippen molar-refractivity contribution in [2.45, 2.75) is 19.1 Å². The highest BCUT2D eigenvalue weighted by atomic mass is 16.5. The highest BCUT2D eigenvalue weighted by Gasteiger charge is 2.26. The van der Waals surface area contributed by atoms with Gasteiger partial charge < -0.3 is 14.6 Å². The monoisotopic (exact) mass is 263 g/mol. The maximum Gasteiger partial charge on any atom is 0.334 e. The van der Waals surface area contributed by atoms with Crippen LogP contribution in [0.5, 0.6) is 5.75 Å². The van der Waals surface area contributed by atoms with E-state index in [-0.39, 0.29) is 0 Å². The predicted molar refractivity (Wildman–Crippen MR) is 68.3 cm³/mol. The maximum absolute atomic E-state index is 10.9. The molecule has 1 aromatic rings. The van der Waals surface area contributed by atoms with Gasteiger partial charge in [0.25, 0.3) is 0 Å². The van der Waals surface area contributed by atoms with Crippen molar-refractivity contribution in [1.82, 2.24) is 4.90 Å². The second-order valence-corrected chi connectivity index (χ2v) is 4.97. The molecule has 0 radical (unpaired) electrons. The van der Waals surface area contributed by atoms with Crippen molar-refractivity contribution in [3.8, 4) is 5.75 Å². The summed E-state index contributed by atoms with van der Waals surface area (Å²) in [5.74, 6) is 0.0983. The van der Waals surface area contributed by atoms with Crippen molar-refractivity contribution in [1.29, 1.82) is 0 Å². The molecule has 1 fully saturated rings. The van der Waals surface area contributed by atoms with Gasteiger partial charge in [-0.2, -0.15) is 0 Å². The molecule has 0 unspecified atom stereocenters. The van der Waals surface area contributed by atoms with Crippen molar-refractivity contribution in [2.75, 3.05) is 26.3 Å². The van der Waals surface area contributed by atoms with Crippen LogP contribution in [0.2, 0.25) is 0 Å². The Morgan fingerprint density at radius 3 is 3.16 bits per heavy atom. The molecule has 5 nitrogen and oxygen atoms in total. The van der Waals surface area contributed by atoms with E-state index in [1.165, 1.54) is 11.1 Å². The van der Waals surface area contributed by atoms with Gasteiger partial charge >= 0.3 is 5.97 Å². The number of morpholine rings is 1. The molecule has 0 spiro atoms. The summed E-state index contributed by atoms with van der Waals surface area (Å²) in [6, 6.07) is 6.22. The lowest BCUT2D eigenvalue weighted by molar-refractivity contribution is -0.156. The Bertz CT molecular complexity index is 488. The number of nitrogens with zero attached hydrogens (tertiary/aromatic N) is 1. The molecule has 5 heteroatoms. The Hall–Kier alpha value is -1.59. The summed E-state index contributed by atoms with van der Waals surface area (Å²) in [5.41, 5.74) is 2.45. The molecular weight excluding hydrogens is 246 g/mol. The Balaban J connectivity index is 1.66. The van der Waals surface area contributed by atoms with Gasteiger partial charge in [0.1, 0.15) is 5.75 Å². The van der Waals surface area contributed by atoms with E-state index >= 15 is 0 Å². The molecule has 0 amide bonds. The standard InChI is InChI=1S/C14H17NO4/c16-14(17)13-9-15(4-6-19-13)8-10-1-2-12-11(7-10)3-5-18-12/h1-2,7,13H,3-6,8-9H2,(H,16,17)/t13-/m1/s1. The summed E-state index contributed by atoms with van der Waals surface area (Å²) in [5, 5.41) is 8.98. The third-order valence-electron chi connectivity index (χ3n) is 3.59. The summed E-state index contributed by atoms with van der Waals surface area (Å²) in [6.07, 6.45) is 0.260. The van der Waals surface area contributed by atoms with Gasteiger partial charge in [0.15, 0.2) is 6.10 Å². The first-order chi connectivity index (χ1) is 9.22. The van der Waals surface area contributed by atoms with Crippen molar-refractivity contribution < 1.29 is 19.4 Å². The van der Waals surface area contributed by atoms with E-state index in [0.717, 1.165) is 31.9 Å². The van der Waals surface area contributed by atoms with Crippen LogP contribution in [0.3, 0.4) is 0 Å². The molecule has 2 heterocycles. The molecule has 1 atom stereocenters. The number of aliphatic carboxylic acids is 1. The van der Waals surface area contributed by atoms with E-state index in [2.05, 4.69) is 17.0 Å². The van der Waals surface area contributed by atoms with Gasteiger partial charge in [0.05, 0.1) is 13.2 Å². The molecule has 2 aliphatic heterocycles. The van der Waals surface area contributed by atoms with Crippen LogP contribution in [0, 0.1) is 0 Å². The molecule has 1 N–H and O–H groups in total. The molecule has 1 saturated heterocycles. The molecule has 19 heavy (non-hydrogen) atoms. The number of carbonyl (C=O) groups is 1. The highest BCUT2D eigenvalue weighted by Crippen LogP contribution is 2.26. The summed E-state index contributed by atoms with van der Waals surface area (Å²) < 4.78 is 10.7. The summed E-state index contributed by atoms with van der Waals surface area (Å²) in [6.45, 7) is 3.23. The minimum Gasteiger partial charge on any atom is -0.493 e. The third kappa shape index (κ3) is 2.72. The van der Waals surface area contributed by atoms with Gasteiger partial charge in [-0.15, -0.1) is 0 Å². The average Bonchev–Trinajstić information content (AvgIpc) is 2.86. The number of fused-ring (bicyclic) bond motifs is 1. The zero-order chi connectivity index (χ0) is 13.2. The molecule has 1 aromatic carbocycles. The Kier molecular flexibility index (Phi) is 3.40. The van der Waals surface area contributed by atoms with E-state index in [1.807, 2.05) is 6.07 Å². The number of rotatable bonds is 3. The molecule has 0 aromatic heterocycles. The van der Waals surface area contributed by atoms with Crippen molar-refractivity contribution in [3.05, 3.63) is 29.3 Å². The quantitative estimate of drug-likeness (QED) is 0.878. The van der Waals surface area contributed by atoms with Crippen molar-refractivity contribution in [2.24, 2.45) is 0 Å². The smallest absolute Gasteiger partial charge is 0.334 e. The molecule has 0 saturated carbocycles. The number of carboxylic acid groups (broad SMARTS) is 1.